The molecule has 2 atom stereocenters. The standard InChI is InChI=1S/C19H19NO4/c1-20(16(21)13-12-14-8-4-2-5-9-14)17(18(22)19(23)24)15-10-6-3-7-11-15/h2-13,17-18,22H,1H3,(H,23,24). The average molecular weight is 325 g/mol. The van der Waals surface area contributed by atoms with Crippen molar-refractivity contribution in [2.45, 2.75) is 12.1 Å². The van der Waals surface area contributed by atoms with Crippen LogP contribution in [0.3, 0.4) is 0 Å². The van der Waals surface area contributed by atoms with E-state index in [9.17, 15) is 14.7 Å². The molecule has 0 aromatic heterocycles. The van der Waals surface area contributed by atoms with E-state index in [-0.39, 0.29) is 0 Å². The van der Waals surface area contributed by atoms with Crippen molar-refractivity contribution in [3.05, 3.63) is 77.9 Å². The number of carboxylic acid groups (broad SMARTS) is 1. The summed E-state index contributed by atoms with van der Waals surface area (Å²) in [6.07, 6.45) is 1.29. The lowest BCUT2D eigenvalue weighted by Crippen LogP contribution is -2.41. The van der Waals surface area contributed by atoms with Gasteiger partial charge in [0.15, 0.2) is 6.10 Å². The molecule has 5 heteroatoms. The number of hydrogen-bond acceptors (Lipinski definition) is 3. The zero-order valence-corrected chi connectivity index (χ0v) is 13.2. The Morgan fingerprint density at radius 3 is 2.08 bits per heavy atom. The van der Waals surface area contributed by atoms with Gasteiger partial charge in [0.1, 0.15) is 0 Å². The Bertz CT molecular complexity index is 713. The van der Waals surface area contributed by atoms with Crippen LogP contribution >= 0.6 is 0 Å². The van der Waals surface area contributed by atoms with E-state index < -0.39 is 24.0 Å². The molecular weight excluding hydrogens is 306 g/mol. The second-order valence-electron chi connectivity index (χ2n) is 5.33. The van der Waals surface area contributed by atoms with Gasteiger partial charge in [0.05, 0.1) is 6.04 Å². The third-order valence-electron chi connectivity index (χ3n) is 3.68. The summed E-state index contributed by atoms with van der Waals surface area (Å²) in [6, 6.07) is 16.9. The highest BCUT2D eigenvalue weighted by Crippen LogP contribution is 2.24. The molecule has 0 bridgehead atoms. The lowest BCUT2D eigenvalue weighted by Gasteiger charge is -2.29. The number of aliphatic hydroxyl groups excluding tert-OH is 1. The molecule has 2 unspecified atom stereocenters. The van der Waals surface area contributed by atoms with Crippen LogP contribution in [0.1, 0.15) is 17.2 Å². The number of likely N-dealkylation sites (N-methyl/N-ethyl adjacent to an activating group) is 1. The molecule has 2 N–H and O–H groups in total. The van der Waals surface area contributed by atoms with Crippen LogP contribution in [0.25, 0.3) is 6.08 Å². The van der Waals surface area contributed by atoms with E-state index in [0.717, 1.165) is 5.56 Å². The number of carbonyl (C=O) groups is 2. The van der Waals surface area contributed by atoms with E-state index >= 15 is 0 Å². The van der Waals surface area contributed by atoms with Crippen LogP contribution in [-0.4, -0.2) is 40.1 Å². The fraction of sp³-hybridized carbons (Fsp3) is 0.158. The van der Waals surface area contributed by atoms with Crippen LogP contribution in [-0.2, 0) is 9.59 Å². The molecule has 0 saturated heterocycles. The number of hydrogen-bond donors (Lipinski definition) is 2. The summed E-state index contributed by atoms with van der Waals surface area (Å²) in [4.78, 5) is 24.8. The van der Waals surface area contributed by atoms with Crippen LogP contribution in [0.2, 0.25) is 0 Å². The molecule has 0 saturated carbocycles. The fourth-order valence-electron chi connectivity index (χ4n) is 2.39. The maximum Gasteiger partial charge on any atom is 0.335 e. The molecule has 0 spiro atoms. The third-order valence-corrected chi connectivity index (χ3v) is 3.68. The summed E-state index contributed by atoms with van der Waals surface area (Å²) in [6.45, 7) is 0. The predicted molar refractivity (Wildman–Crippen MR) is 91.1 cm³/mol. The van der Waals surface area contributed by atoms with Gasteiger partial charge in [-0.05, 0) is 17.2 Å². The number of benzene rings is 2. The molecule has 2 aromatic carbocycles. The first-order valence-corrected chi connectivity index (χ1v) is 7.46. The highest BCUT2D eigenvalue weighted by atomic mass is 16.4. The van der Waals surface area contributed by atoms with Crippen LogP contribution < -0.4 is 0 Å². The van der Waals surface area contributed by atoms with E-state index in [0.29, 0.717) is 5.56 Å². The van der Waals surface area contributed by atoms with Crippen molar-refractivity contribution >= 4 is 18.0 Å². The number of aliphatic hydroxyl groups is 1. The summed E-state index contributed by atoms with van der Waals surface area (Å²) in [7, 11) is 1.47. The second kappa shape index (κ2) is 8.08. The quantitative estimate of drug-likeness (QED) is 0.799. The van der Waals surface area contributed by atoms with Crippen molar-refractivity contribution in [2.75, 3.05) is 7.05 Å². The first kappa shape index (κ1) is 17.4. The Morgan fingerprint density at radius 1 is 1.00 bits per heavy atom. The van der Waals surface area contributed by atoms with E-state index in [4.69, 9.17) is 5.11 Å². The molecule has 24 heavy (non-hydrogen) atoms. The van der Waals surface area contributed by atoms with Crippen molar-refractivity contribution in [2.24, 2.45) is 0 Å². The van der Waals surface area contributed by atoms with Gasteiger partial charge in [-0.1, -0.05) is 60.7 Å². The normalized spacial score (nSPS) is 13.4. The largest absolute Gasteiger partial charge is 0.479 e. The van der Waals surface area contributed by atoms with Gasteiger partial charge in [0.25, 0.3) is 0 Å². The first-order valence-electron chi connectivity index (χ1n) is 7.46. The van der Waals surface area contributed by atoms with Crippen LogP contribution in [0.4, 0.5) is 0 Å². The van der Waals surface area contributed by atoms with Gasteiger partial charge in [-0.25, -0.2) is 4.79 Å². The van der Waals surface area contributed by atoms with Gasteiger partial charge in [-0.15, -0.1) is 0 Å². The molecular formula is C19H19NO4. The summed E-state index contributed by atoms with van der Waals surface area (Å²) < 4.78 is 0. The smallest absolute Gasteiger partial charge is 0.335 e. The lowest BCUT2D eigenvalue weighted by atomic mass is 10.00. The van der Waals surface area contributed by atoms with Crippen LogP contribution in [0.5, 0.6) is 0 Å². The second-order valence-corrected chi connectivity index (χ2v) is 5.33. The van der Waals surface area contributed by atoms with Crippen molar-refractivity contribution in [1.29, 1.82) is 0 Å². The minimum Gasteiger partial charge on any atom is -0.479 e. The van der Waals surface area contributed by atoms with Crippen molar-refractivity contribution < 1.29 is 19.8 Å². The Labute approximate surface area is 140 Å². The third kappa shape index (κ3) is 4.30. The van der Waals surface area contributed by atoms with Crippen LogP contribution in [0.15, 0.2) is 66.7 Å². The summed E-state index contributed by atoms with van der Waals surface area (Å²) in [5.74, 6) is -1.77. The number of carboxylic acids is 1. The van der Waals surface area contributed by atoms with Gasteiger partial charge in [-0.3, -0.25) is 4.79 Å². The maximum absolute atomic E-state index is 12.4. The zero-order valence-electron chi connectivity index (χ0n) is 13.2. The zero-order chi connectivity index (χ0) is 17.5. The van der Waals surface area contributed by atoms with Crippen molar-refractivity contribution in [1.82, 2.24) is 4.90 Å². The molecule has 2 aromatic rings. The maximum atomic E-state index is 12.4. The van der Waals surface area contributed by atoms with Crippen molar-refractivity contribution in [3.8, 4) is 0 Å². The molecule has 0 aliphatic heterocycles. The Balaban J connectivity index is 2.24. The van der Waals surface area contributed by atoms with Gasteiger partial charge in [-0.2, -0.15) is 0 Å². The van der Waals surface area contributed by atoms with E-state index in [1.54, 1.807) is 36.4 Å². The lowest BCUT2D eigenvalue weighted by molar-refractivity contribution is -0.152. The highest BCUT2D eigenvalue weighted by Gasteiger charge is 2.32. The summed E-state index contributed by atoms with van der Waals surface area (Å²) in [5.41, 5.74) is 1.41. The SMILES string of the molecule is CN(C(=O)C=Cc1ccccc1)C(c1ccccc1)C(O)C(=O)O. The number of nitrogens with zero attached hydrogens (tertiary/aromatic N) is 1. The van der Waals surface area contributed by atoms with E-state index in [1.807, 2.05) is 30.3 Å². The Kier molecular flexibility index (Phi) is 5.87. The van der Waals surface area contributed by atoms with Gasteiger partial charge in [0, 0.05) is 13.1 Å². The van der Waals surface area contributed by atoms with Gasteiger partial charge in [0.2, 0.25) is 5.91 Å². The molecule has 0 aliphatic carbocycles. The summed E-state index contributed by atoms with van der Waals surface area (Å²) in [5, 5.41) is 19.2. The Hall–Kier alpha value is -2.92. The monoisotopic (exact) mass is 325 g/mol. The molecule has 124 valence electrons. The highest BCUT2D eigenvalue weighted by molar-refractivity contribution is 5.92. The molecule has 1 amide bonds. The van der Waals surface area contributed by atoms with Gasteiger partial charge < -0.3 is 15.1 Å². The van der Waals surface area contributed by atoms with Crippen LogP contribution in [0, 0.1) is 0 Å². The van der Waals surface area contributed by atoms with E-state index in [2.05, 4.69) is 0 Å². The average Bonchev–Trinajstić information content (AvgIpc) is 2.61. The Morgan fingerprint density at radius 2 is 1.54 bits per heavy atom. The van der Waals surface area contributed by atoms with Gasteiger partial charge >= 0.3 is 5.97 Å². The minimum absolute atomic E-state index is 0.395. The van der Waals surface area contributed by atoms with Crippen molar-refractivity contribution in [3.63, 3.8) is 0 Å². The summed E-state index contributed by atoms with van der Waals surface area (Å²) >= 11 is 0. The number of carbonyl (C=O) groups excluding carboxylic acids is 1. The minimum atomic E-state index is -1.72. The molecule has 5 nitrogen and oxygen atoms in total. The number of amides is 1. The first-order chi connectivity index (χ1) is 11.5. The fourth-order valence-corrected chi connectivity index (χ4v) is 2.39. The molecule has 2 rings (SSSR count). The topological polar surface area (TPSA) is 77.8 Å². The van der Waals surface area contributed by atoms with E-state index in [1.165, 1.54) is 18.0 Å². The molecule has 0 fully saturated rings. The molecule has 0 aliphatic rings. The predicted octanol–water partition coefficient (Wildman–Crippen LogP) is 2.35. The molecule has 0 heterocycles. The number of rotatable bonds is 6. The molecule has 0 radical (unpaired) electrons. The number of aliphatic carboxylic acids is 1.